The van der Waals surface area contributed by atoms with Crippen molar-refractivity contribution in [1.29, 1.82) is 0 Å². The minimum absolute atomic E-state index is 0.0423. The molecule has 0 radical (unpaired) electrons. The van der Waals surface area contributed by atoms with E-state index in [2.05, 4.69) is 47.9 Å². The minimum Gasteiger partial charge on any atom is -0.479 e. The number of ether oxygens (including phenoxy) is 1. The highest BCUT2D eigenvalue weighted by Gasteiger charge is 2.25. The van der Waals surface area contributed by atoms with Crippen molar-refractivity contribution >= 4 is 17.8 Å². The van der Waals surface area contributed by atoms with E-state index in [-0.39, 0.29) is 24.4 Å². The first-order chi connectivity index (χ1) is 18.5. The van der Waals surface area contributed by atoms with Crippen LogP contribution in [-0.2, 0) is 41.9 Å². The largest absolute Gasteiger partial charge is 0.479 e. The number of amides is 1. The van der Waals surface area contributed by atoms with Crippen LogP contribution in [0.25, 0.3) is 11.1 Å². The third-order valence-corrected chi connectivity index (χ3v) is 6.73. The highest BCUT2D eigenvalue weighted by atomic mass is 16.5. The zero-order valence-electron chi connectivity index (χ0n) is 20.4. The Hall–Kier alpha value is -4.81. The molecule has 4 heterocycles. The molecule has 0 atom stereocenters. The lowest BCUT2D eigenvalue weighted by atomic mass is 10.1. The number of fused-ring (bicyclic) bond motifs is 2. The molecule has 3 aromatic heterocycles. The van der Waals surface area contributed by atoms with Crippen LogP contribution in [0.5, 0.6) is 5.88 Å². The number of rotatable bonds is 8. The van der Waals surface area contributed by atoms with Crippen molar-refractivity contribution in [2.24, 2.45) is 0 Å². The van der Waals surface area contributed by atoms with Crippen LogP contribution >= 0.6 is 0 Å². The number of carbonyl (C=O) groups is 2. The van der Waals surface area contributed by atoms with E-state index in [1.54, 1.807) is 23.5 Å². The first-order valence-corrected chi connectivity index (χ1v) is 12.3. The molecule has 3 N–H and O–H groups in total. The van der Waals surface area contributed by atoms with Crippen molar-refractivity contribution in [1.82, 2.24) is 40.1 Å². The van der Waals surface area contributed by atoms with E-state index in [1.165, 1.54) is 15.8 Å². The molecule has 4 aromatic rings. The number of aromatic nitrogens is 7. The van der Waals surface area contributed by atoms with Crippen molar-refractivity contribution in [2.45, 2.75) is 38.4 Å². The summed E-state index contributed by atoms with van der Waals surface area (Å²) in [7, 11) is 0. The molecule has 2 aliphatic rings. The molecule has 0 saturated carbocycles. The zero-order chi connectivity index (χ0) is 26.1. The van der Waals surface area contributed by atoms with E-state index in [0.29, 0.717) is 36.6 Å². The molecule has 0 spiro atoms. The van der Waals surface area contributed by atoms with Crippen molar-refractivity contribution < 1.29 is 19.4 Å². The number of hydrogen-bond acceptors (Lipinski definition) is 9. The van der Waals surface area contributed by atoms with Gasteiger partial charge in [0.15, 0.2) is 6.61 Å². The van der Waals surface area contributed by atoms with Gasteiger partial charge in [-0.1, -0.05) is 29.5 Å². The number of aliphatic carboxylic acids is 1. The first-order valence-electron chi connectivity index (χ1n) is 12.3. The molecule has 1 aliphatic heterocycles. The van der Waals surface area contributed by atoms with Gasteiger partial charge in [-0.2, -0.15) is 0 Å². The molecular weight excluding hydrogens is 490 g/mol. The maximum atomic E-state index is 13.0. The summed E-state index contributed by atoms with van der Waals surface area (Å²) in [6, 6.07) is 8.58. The average molecular weight is 516 g/mol. The van der Waals surface area contributed by atoms with Crippen molar-refractivity contribution in [2.75, 3.05) is 18.5 Å². The number of carbonyl (C=O) groups excluding carboxylic acids is 1. The Bertz CT molecular complexity index is 1460. The fourth-order valence-electron chi connectivity index (χ4n) is 4.86. The number of aromatic amines is 1. The molecule has 13 heteroatoms. The second-order valence-electron chi connectivity index (χ2n) is 9.34. The van der Waals surface area contributed by atoms with Crippen LogP contribution in [0.15, 0.2) is 42.9 Å². The number of carboxylic acids is 1. The van der Waals surface area contributed by atoms with Gasteiger partial charge in [-0.3, -0.25) is 14.6 Å². The van der Waals surface area contributed by atoms with Gasteiger partial charge in [0.2, 0.25) is 17.7 Å². The Balaban J connectivity index is 1.16. The summed E-state index contributed by atoms with van der Waals surface area (Å²) in [4.78, 5) is 34.7. The van der Waals surface area contributed by atoms with E-state index < -0.39 is 12.6 Å². The Kier molecular flexibility index (Phi) is 6.15. The minimum atomic E-state index is -1.13. The monoisotopic (exact) mass is 515 g/mol. The lowest BCUT2D eigenvalue weighted by Crippen LogP contribution is -2.38. The molecule has 0 bridgehead atoms. The quantitative estimate of drug-likeness (QED) is 0.309. The second-order valence-corrected chi connectivity index (χ2v) is 9.34. The van der Waals surface area contributed by atoms with Crippen molar-refractivity contribution in [3.05, 3.63) is 65.4 Å². The summed E-state index contributed by atoms with van der Waals surface area (Å²) in [5, 5.41) is 27.5. The zero-order valence-corrected chi connectivity index (χ0v) is 20.4. The third kappa shape index (κ3) is 4.90. The molecule has 1 aliphatic carbocycles. The molecule has 0 unspecified atom stereocenters. The average Bonchev–Trinajstić information content (AvgIpc) is 3.65. The Labute approximate surface area is 216 Å². The van der Waals surface area contributed by atoms with Gasteiger partial charge in [-0.15, -0.1) is 10.2 Å². The van der Waals surface area contributed by atoms with Gasteiger partial charge in [0.05, 0.1) is 17.8 Å². The number of H-pyrrole nitrogens is 1. The molecule has 0 fully saturated rings. The van der Waals surface area contributed by atoms with Crippen LogP contribution in [-0.4, -0.2) is 76.2 Å². The number of anilines is 1. The van der Waals surface area contributed by atoms with Crippen LogP contribution in [0.2, 0.25) is 0 Å². The van der Waals surface area contributed by atoms with Crippen LogP contribution < -0.4 is 10.1 Å². The van der Waals surface area contributed by atoms with Gasteiger partial charge in [-0.25, -0.2) is 14.8 Å². The fourth-order valence-corrected chi connectivity index (χ4v) is 4.86. The molecule has 1 aromatic carbocycles. The van der Waals surface area contributed by atoms with Gasteiger partial charge in [0.25, 0.3) is 0 Å². The Morgan fingerprint density at radius 2 is 1.92 bits per heavy atom. The number of nitrogens with zero attached hydrogens (tertiary/aromatic N) is 7. The third-order valence-electron chi connectivity index (χ3n) is 6.73. The SMILES string of the molecule is O=C(O)COc1nn(CC(=O)N2CCc3[nH]nnc3C2)cc1-c1cnc(NC2Cc3ccccc3C2)nc1. The first kappa shape index (κ1) is 23.6. The summed E-state index contributed by atoms with van der Waals surface area (Å²) in [6.45, 7) is 0.303. The van der Waals surface area contributed by atoms with Gasteiger partial charge in [0.1, 0.15) is 12.2 Å². The summed E-state index contributed by atoms with van der Waals surface area (Å²) in [6.07, 6.45) is 7.36. The topological polar surface area (TPSA) is 164 Å². The maximum absolute atomic E-state index is 13.0. The van der Waals surface area contributed by atoms with Crippen LogP contribution in [0.3, 0.4) is 0 Å². The lowest BCUT2D eigenvalue weighted by molar-refractivity contribution is -0.139. The fraction of sp³-hybridized carbons (Fsp3) is 0.320. The number of carboxylic acid groups (broad SMARTS) is 1. The molecule has 6 rings (SSSR count). The molecule has 1 amide bonds. The van der Waals surface area contributed by atoms with Crippen LogP contribution in [0.4, 0.5) is 5.95 Å². The summed E-state index contributed by atoms with van der Waals surface area (Å²) < 4.78 is 6.86. The van der Waals surface area contributed by atoms with Crippen molar-refractivity contribution in [3.8, 4) is 17.0 Å². The molecule has 0 saturated heterocycles. The predicted molar refractivity (Wildman–Crippen MR) is 133 cm³/mol. The normalized spacial score (nSPS) is 14.7. The molecule has 13 nitrogen and oxygen atoms in total. The van der Waals surface area contributed by atoms with E-state index in [4.69, 9.17) is 9.84 Å². The van der Waals surface area contributed by atoms with Gasteiger partial charge in [-0.05, 0) is 24.0 Å². The van der Waals surface area contributed by atoms with Crippen LogP contribution in [0, 0.1) is 0 Å². The molecule has 194 valence electrons. The van der Waals surface area contributed by atoms with Gasteiger partial charge < -0.3 is 20.1 Å². The van der Waals surface area contributed by atoms with Crippen molar-refractivity contribution in [3.63, 3.8) is 0 Å². The summed E-state index contributed by atoms with van der Waals surface area (Å²) in [5.74, 6) is -0.690. The smallest absolute Gasteiger partial charge is 0.341 e. The maximum Gasteiger partial charge on any atom is 0.341 e. The van der Waals surface area contributed by atoms with Gasteiger partial charge in [0, 0.05) is 43.2 Å². The second kappa shape index (κ2) is 9.92. The predicted octanol–water partition coefficient (Wildman–Crippen LogP) is 1.09. The Morgan fingerprint density at radius 3 is 2.66 bits per heavy atom. The van der Waals surface area contributed by atoms with E-state index >= 15 is 0 Å². The molecule has 38 heavy (non-hydrogen) atoms. The number of nitrogens with one attached hydrogen (secondary N) is 2. The van der Waals surface area contributed by atoms with Crippen LogP contribution in [0.1, 0.15) is 22.5 Å². The summed E-state index contributed by atoms with van der Waals surface area (Å²) >= 11 is 0. The number of benzene rings is 1. The standard InChI is InChI=1S/C25H25N9O4/c35-22(33-6-5-20-21(12-33)30-32-29-20)13-34-11-19(24(31-34)38-14-23(36)37)17-9-26-25(27-10-17)28-18-7-15-3-1-2-4-16(15)8-18/h1-4,9-11,18H,5-8,12-14H2,(H,36,37)(H,26,27,28)(H,29,30,32). The van der Waals surface area contributed by atoms with Gasteiger partial charge >= 0.3 is 5.97 Å². The van der Waals surface area contributed by atoms with E-state index in [9.17, 15) is 9.59 Å². The van der Waals surface area contributed by atoms with E-state index in [0.717, 1.165) is 24.2 Å². The highest BCUT2D eigenvalue weighted by Crippen LogP contribution is 2.29. The highest BCUT2D eigenvalue weighted by molar-refractivity contribution is 5.77. The lowest BCUT2D eigenvalue weighted by Gasteiger charge is -2.25. The molecular formula is C25H25N9O4. The Morgan fingerprint density at radius 1 is 1.16 bits per heavy atom. The van der Waals surface area contributed by atoms with E-state index in [1.807, 2.05) is 12.1 Å². The number of hydrogen-bond donors (Lipinski definition) is 3. The summed E-state index contributed by atoms with van der Waals surface area (Å²) in [5.41, 5.74) is 5.44.